The van der Waals surface area contributed by atoms with Crippen LogP contribution in [-0.2, 0) is 15.9 Å². The number of methoxy groups -OCH3 is 1. The van der Waals surface area contributed by atoms with Crippen LogP contribution in [0.5, 0.6) is 0 Å². The van der Waals surface area contributed by atoms with E-state index in [-0.39, 0.29) is 0 Å². The standard InChI is InChI=1S/C12H21N3O2S/c1-3-11-14-12(18-15-11)13-10(8-16-2)9-4-6-17-7-5-9/h9-10H,3-8H2,1-2H3,(H,13,14,15). The Labute approximate surface area is 112 Å². The molecule has 102 valence electrons. The second-order valence-electron chi connectivity index (χ2n) is 4.53. The first-order valence-electron chi connectivity index (χ1n) is 6.49. The molecule has 0 radical (unpaired) electrons. The predicted molar refractivity (Wildman–Crippen MR) is 72.1 cm³/mol. The Kier molecular flexibility index (Phi) is 5.34. The number of hydrogen-bond donors (Lipinski definition) is 1. The third-order valence-corrected chi connectivity index (χ3v) is 3.96. The van der Waals surface area contributed by atoms with Gasteiger partial charge in [0.25, 0.3) is 0 Å². The monoisotopic (exact) mass is 271 g/mol. The van der Waals surface area contributed by atoms with E-state index in [1.54, 1.807) is 7.11 Å². The molecule has 0 amide bonds. The second-order valence-corrected chi connectivity index (χ2v) is 5.28. The number of nitrogens with one attached hydrogen (secondary N) is 1. The van der Waals surface area contributed by atoms with Crippen molar-refractivity contribution in [2.45, 2.75) is 32.2 Å². The Morgan fingerprint density at radius 1 is 1.50 bits per heavy atom. The van der Waals surface area contributed by atoms with Crippen molar-refractivity contribution in [2.75, 3.05) is 32.2 Å². The van der Waals surface area contributed by atoms with Crippen molar-refractivity contribution in [3.05, 3.63) is 5.82 Å². The van der Waals surface area contributed by atoms with Crippen molar-refractivity contribution in [1.29, 1.82) is 0 Å². The van der Waals surface area contributed by atoms with E-state index in [1.165, 1.54) is 11.5 Å². The molecule has 1 aromatic heterocycles. The molecule has 1 atom stereocenters. The smallest absolute Gasteiger partial charge is 0.202 e. The summed E-state index contributed by atoms with van der Waals surface area (Å²) >= 11 is 1.43. The van der Waals surface area contributed by atoms with Crippen LogP contribution in [0.1, 0.15) is 25.6 Å². The number of aromatic nitrogens is 2. The van der Waals surface area contributed by atoms with Crippen LogP contribution in [0.3, 0.4) is 0 Å². The van der Waals surface area contributed by atoms with Gasteiger partial charge in [-0.3, -0.25) is 0 Å². The van der Waals surface area contributed by atoms with Gasteiger partial charge in [-0.25, -0.2) is 4.98 Å². The molecule has 0 aromatic carbocycles. The van der Waals surface area contributed by atoms with E-state index in [1.807, 2.05) is 0 Å². The number of anilines is 1. The van der Waals surface area contributed by atoms with Crippen LogP contribution in [-0.4, -0.2) is 42.3 Å². The van der Waals surface area contributed by atoms with E-state index in [0.717, 1.165) is 43.4 Å². The summed E-state index contributed by atoms with van der Waals surface area (Å²) < 4.78 is 15.0. The molecule has 1 saturated heterocycles. The minimum atomic E-state index is 0.302. The molecule has 2 rings (SSSR count). The molecule has 6 heteroatoms. The highest BCUT2D eigenvalue weighted by atomic mass is 32.1. The number of ether oxygens (including phenoxy) is 2. The second kappa shape index (κ2) is 7.01. The molecular weight excluding hydrogens is 250 g/mol. The minimum absolute atomic E-state index is 0.302. The van der Waals surface area contributed by atoms with Gasteiger partial charge in [-0.05, 0) is 18.8 Å². The van der Waals surface area contributed by atoms with Gasteiger partial charge >= 0.3 is 0 Å². The molecule has 0 spiro atoms. The first-order valence-corrected chi connectivity index (χ1v) is 7.26. The first-order chi connectivity index (χ1) is 8.83. The highest BCUT2D eigenvalue weighted by Gasteiger charge is 2.24. The minimum Gasteiger partial charge on any atom is -0.383 e. The fraction of sp³-hybridized carbons (Fsp3) is 0.833. The Morgan fingerprint density at radius 2 is 2.28 bits per heavy atom. The molecule has 0 aliphatic carbocycles. The molecule has 2 heterocycles. The van der Waals surface area contributed by atoms with E-state index in [4.69, 9.17) is 9.47 Å². The quantitative estimate of drug-likeness (QED) is 0.857. The molecule has 5 nitrogen and oxygen atoms in total. The number of nitrogens with zero attached hydrogens (tertiary/aromatic N) is 2. The van der Waals surface area contributed by atoms with Gasteiger partial charge in [-0.2, -0.15) is 4.37 Å². The van der Waals surface area contributed by atoms with Crippen LogP contribution in [0.15, 0.2) is 0 Å². The number of hydrogen-bond acceptors (Lipinski definition) is 6. The maximum absolute atomic E-state index is 5.41. The molecular formula is C12H21N3O2S. The molecule has 18 heavy (non-hydrogen) atoms. The SMILES string of the molecule is CCc1nsc(NC(COC)C2CCOCC2)n1. The summed E-state index contributed by atoms with van der Waals surface area (Å²) in [5.41, 5.74) is 0. The van der Waals surface area contributed by atoms with E-state index in [2.05, 4.69) is 21.6 Å². The van der Waals surface area contributed by atoms with E-state index < -0.39 is 0 Å². The Bertz CT molecular complexity index is 353. The molecule has 0 bridgehead atoms. The highest BCUT2D eigenvalue weighted by Crippen LogP contribution is 2.23. The lowest BCUT2D eigenvalue weighted by Gasteiger charge is -2.30. The van der Waals surface area contributed by atoms with E-state index in [0.29, 0.717) is 18.6 Å². The van der Waals surface area contributed by atoms with Crippen molar-refractivity contribution in [1.82, 2.24) is 9.36 Å². The fourth-order valence-corrected chi connectivity index (χ4v) is 2.92. The highest BCUT2D eigenvalue weighted by molar-refractivity contribution is 7.09. The van der Waals surface area contributed by atoms with Gasteiger partial charge in [-0.1, -0.05) is 6.92 Å². The maximum atomic E-state index is 5.41. The average Bonchev–Trinajstić information content (AvgIpc) is 2.87. The zero-order chi connectivity index (χ0) is 12.8. The predicted octanol–water partition coefficient (Wildman–Crippen LogP) is 1.95. The third kappa shape index (κ3) is 3.63. The summed E-state index contributed by atoms with van der Waals surface area (Å²) in [5.74, 6) is 1.50. The molecule has 1 unspecified atom stereocenters. The lowest BCUT2D eigenvalue weighted by Crippen LogP contribution is -2.36. The average molecular weight is 271 g/mol. The maximum Gasteiger partial charge on any atom is 0.202 e. The molecule has 0 saturated carbocycles. The van der Waals surface area contributed by atoms with Crippen molar-refractivity contribution in [2.24, 2.45) is 5.92 Å². The fourth-order valence-electron chi connectivity index (χ4n) is 2.21. The molecule has 1 aliphatic heterocycles. The van der Waals surface area contributed by atoms with Crippen LogP contribution in [0.25, 0.3) is 0 Å². The first kappa shape index (κ1) is 13.7. The van der Waals surface area contributed by atoms with Crippen LogP contribution in [0, 0.1) is 5.92 Å². The van der Waals surface area contributed by atoms with Gasteiger partial charge in [0.05, 0.1) is 12.6 Å². The summed E-state index contributed by atoms with van der Waals surface area (Å²) in [7, 11) is 1.74. The summed E-state index contributed by atoms with van der Waals surface area (Å²) in [5, 5.41) is 4.37. The largest absolute Gasteiger partial charge is 0.383 e. The topological polar surface area (TPSA) is 56.3 Å². The zero-order valence-electron chi connectivity index (χ0n) is 11.0. The molecule has 1 N–H and O–H groups in total. The number of aryl methyl sites for hydroxylation is 1. The van der Waals surface area contributed by atoms with Crippen molar-refractivity contribution >= 4 is 16.7 Å². The van der Waals surface area contributed by atoms with Crippen LogP contribution in [0.2, 0.25) is 0 Å². The molecule has 1 aromatic rings. The summed E-state index contributed by atoms with van der Waals surface area (Å²) in [4.78, 5) is 4.46. The molecule has 1 fully saturated rings. The van der Waals surface area contributed by atoms with Crippen LogP contribution < -0.4 is 5.32 Å². The molecule has 1 aliphatic rings. The lowest BCUT2D eigenvalue weighted by atomic mass is 9.92. The summed E-state index contributed by atoms with van der Waals surface area (Å²) in [6, 6.07) is 0.302. The van der Waals surface area contributed by atoms with E-state index in [9.17, 15) is 0 Å². The zero-order valence-corrected chi connectivity index (χ0v) is 11.8. The number of rotatable bonds is 6. The van der Waals surface area contributed by atoms with Crippen molar-refractivity contribution in [3.63, 3.8) is 0 Å². The van der Waals surface area contributed by atoms with Gasteiger partial charge in [0.2, 0.25) is 5.13 Å². The lowest BCUT2D eigenvalue weighted by molar-refractivity contribution is 0.0485. The summed E-state index contributed by atoms with van der Waals surface area (Å²) in [6.45, 7) is 4.47. The van der Waals surface area contributed by atoms with Gasteiger partial charge in [0.15, 0.2) is 0 Å². The van der Waals surface area contributed by atoms with Gasteiger partial charge in [0.1, 0.15) is 5.82 Å². The van der Waals surface area contributed by atoms with Gasteiger partial charge < -0.3 is 14.8 Å². The Balaban J connectivity index is 1.95. The van der Waals surface area contributed by atoms with E-state index >= 15 is 0 Å². The van der Waals surface area contributed by atoms with Crippen LogP contribution in [0.4, 0.5) is 5.13 Å². The summed E-state index contributed by atoms with van der Waals surface area (Å²) in [6.07, 6.45) is 3.05. The van der Waals surface area contributed by atoms with Gasteiger partial charge in [-0.15, -0.1) is 0 Å². The Hall–Kier alpha value is -0.720. The van der Waals surface area contributed by atoms with Gasteiger partial charge in [0, 0.05) is 38.3 Å². The Morgan fingerprint density at radius 3 is 2.89 bits per heavy atom. The third-order valence-electron chi connectivity index (χ3n) is 3.27. The van der Waals surface area contributed by atoms with Crippen molar-refractivity contribution in [3.8, 4) is 0 Å². The van der Waals surface area contributed by atoms with Crippen LogP contribution >= 0.6 is 11.5 Å². The van der Waals surface area contributed by atoms with Crippen molar-refractivity contribution < 1.29 is 9.47 Å². The normalized spacial score (nSPS) is 18.8.